The molecule has 8 heteroatoms. The van der Waals surface area contributed by atoms with Crippen LogP contribution >= 0.6 is 0 Å². The number of carbonyl (C=O) groups excluding carboxylic acids is 1. The molecule has 0 saturated carbocycles. The van der Waals surface area contributed by atoms with E-state index in [9.17, 15) is 13.6 Å². The number of nitrogens with one attached hydrogen (secondary N) is 2. The summed E-state index contributed by atoms with van der Waals surface area (Å²) in [6.45, 7) is -0.748. The molecule has 0 radical (unpaired) electrons. The summed E-state index contributed by atoms with van der Waals surface area (Å²) in [5.41, 5.74) is 2.89. The predicted molar refractivity (Wildman–Crippen MR) is 97.8 cm³/mol. The standard InChI is InChI=1S/C19H17F2N5O/c1-11(17-25-14-4-2-3-5-16(14)26(17)19(20)21)9-22-18(27)12-6-7-13-15(8-12)24-10-23-13/h2-8,10-11,19H,9H2,1H3,(H,22,27)(H,23,24)/t11-/m0/s1. The van der Waals surface area contributed by atoms with Gasteiger partial charge in [-0.2, -0.15) is 8.78 Å². The molecule has 0 spiro atoms. The van der Waals surface area contributed by atoms with Crippen molar-refractivity contribution in [2.75, 3.05) is 6.54 Å². The third kappa shape index (κ3) is 3.14. The predicted octanol–water partition coefficient (Wildman–Crippen LogP) is 3.84. The minimum atomic E-state index is -2.70. The topological polar surface area (TPSA) is 75.6 Å². The summed E-state index contributed by atoms with van der Waals surface area (Å²) >= 11 is 0. The molecule has 0 aliphatic heterocycles. The zero-order valence-corrected chi connectivity index (χ0v) is 14.5. The molecule has 2 N–H and O–H groups in total. The van der Waals surface area contributed by atoms with E-state index >= 15 is 0 Å². The van der Waals surface area contributed by atoms with Gasteiger partial charge in [-0.1, -0.05) is 19.1 Å². The highest BCUT2D eigenvalue weighted by Gasteiger charge is 2.22. The van der Waals surface area contributed by atoms with Crippen LogP contribution in [-0.2, 0) is 0 Å². The van der Waals surface area contributed by atoms with E-state index in [1.54, 1.807) is 55.7 Å². The second kappa shape index (κ2) is 6.79. The largest absolute Gasteiger partial charge is 0.351 e. The Kier molecular flexibility index (Phi) is 4.31. The molecule has 4 aromatic rings. The van der Waals surface area contributed by atoms with Gasteiger partial charge in [-0.15, -0.1) is 0 Å². The van der Waals surface area contributed by atoms with Gasteiger partial charge in [-0.25, -0.2) is 9.97 Å². The van der Waals surface area contributed by atoms with Crippen molar-refractivity contribution in [3.63, 3.8) is 0 Å². The second-order valence-corrected chi connectivity index (χ2v) is 6.35. The lowest BCUT2D eigenvalue weighted by Crippen LogP contribution is -2.28. The molecule has 0 unspecified atom stereocenters. The maximum atomic E-state index is 13.6. The first-order valence-electron chi connectivity index (χ1n) is 8.51. The first-order chi connectivity index (χ1) is 13.0. The van der Waals surface area contributed by atoms with E-state index < -0.39 is 6.55 Å². The Labute approximate surface area is 153 Å². The molecule has 0 aliphatic rings. The van der Waals surface area contributed by atoms with Crippen molar-refractivity contribution >= 4 is 28.0 Å². The average molecular weight is 369 g/mol. The molecule has 138 valence electrons. The fourth-order valence-corrected chi connectivity index (χ4v) is 3.13. The molecule has 27 heavy (non-hydrogen) atoms. The molecule has 2 heterocycles. The molecular weight excluding hydrogens is 352 g/mol. The normalized spacial score (nSPS) is 12.7. The van der Waals surface area contributed by atoms with Crippen molar-refractivity contribution in [3.8, 4) is 0 Å². The van der Waals surface area contributed by atoms with E-state index in [0.717, 1.165) is 15.6 Å². The van der Waals surface area contributed by atoms with E-state index in [4.69, 9.17) is 0 Å². The Balaban J connectivity index is 1.53. The number of para-hydroxylation sites is 2. The molecule has 4 rings (SSSR count). The summed E-state index contributed by atoms with van der Waals surface area (Å²) in [6, 6.07) is 11.9. The monoisotopic (exact) mass is 369 g/mol. The Morgan fingerprint density at radius 2 is 2.04 bits per heavy atom. The van der Waals surface area contributed by atoms with Gasteiger partial charge in [0.1, 0.15) is 5.82 Å². The number of halogens is 2. The molecule has 2 aromatic heterocycles. The molecule has 0 aliphatic carbocycles. The van der Waals surface area contributed by atoms with Crippen molar-refractivity contribution in [2.45, 2.75) is 19.4 Å². The lowest BCUT2D eigenvalue weighted by Gasteiger charge is -2.15. The van der Waals surface area contributed by atoms with Crippen molar-refractivity contribution < 1.29 is 13.6 Å². The number of imidazole rings is 2. The smallest absolute Gasteiger partial charge is 0.320 e. The summed E-state index contributed by atoms with van der Waals surface area (Å²) in [6.07, 6.45) is 1.56. The van der Waals surface area contributed by atoms with Gasteiger partial charge in [0.05, 0.1) is 28.4 Å². The number of benzene rings is 2. The number of nitrogens with zero attached hydrogens (tertiary/aromatic N) is 3. The SMILES string of the molecule is C[C@@H](CNC(=O)c1ccc2nc[nH]c2c1)c1nc2ccccc2n1C(F)F. The second-order valence-electron chi connectivity index (χ2n) is 6.35. The maximum Gasteiger partial charge on any atom is 0.320 e. The van der Waals surface area contributed by atoms with Crippen LogP contribution in [0.4, 0.5) is 8.78 Å². The van der Waals surface area contributed by atoms with Crippen LogP contribution in [0.2, 0.25) is 0 Å². The zero-order chi connectivity index (χ0) is 19.0. The van der Waals surface area contributed by atoms with Crippen molar-refractivity contribution in [3.05, 3.63) is 60.2 Å². The molecule has 2 aromatic carbocycles. The molecular formula is C19H17F2N5O. The fourth-order valence-electron chi connectivity index (χ4n) is 3.13. The molecule has 6 nitrogen and oxygen atoms in total. The van der Waals surface area contributed by atoms with E-state index in [1.807, 2.05) is 0 Å². The number of hydrogen-bond donors (Lipinski definition) is 2. The van der Waals surface area contributed by atoms with E-state index in [1.165, 1.54) is 0 Å². The third-order valence-electron chi connectivity index (χ3n) is 4.51. The van der Waals surface area contributed by atoms with E-state index in [0.29, 0.717) is 16.6 Å². The summed E-state index contributed by atoms with van der Waals surface area (Å²) < 4.78 is 28.0. The number of hydrogen-bond acceptors (Lipinski definition) is 3. The minimum Gasteiger partial charge on any atom is -0.351 e. The molecule has 0 saturated heterocycles. The quantitative estimate of drug-likeness (QED) is 0.561. The van der Waals surface area contributed by atoms with Gasteiger partial charge in [-0.05, 0) is 30.3 Å². The van der Waals surface area contributed by atoms with Crippen LogP contribution in [0, 0.1) is 0 Å². The van der Waals surface area contributed by atoms with Gasteiger partial charge in [0.15, 0.2) is 0 Å². The lowest BCUT2D eigenvalue weighted by molar-refractivity contribution is 0.0704. The highest BCUT2D eigenvalue weighted by atomic mass is 19.3. The number of amides is 1. The zero-order valence-electron chi connectivity index (χ0n) is 14.5. The Morgan fingerprint density at radius 3 is 2.85 bits per heavy atom. The van der Waals surface area contributed by atoms with Gasteiger partial charge in [0, 0.05) is 18.0 Å². The van der Waals surface area contributed by atoms with Gasteiger partial charge in [-0.3, -0.25) is 9.36 Å². The number of carbonyl (C=O) groups is 1. The van der Waals surface area contributed by atoms with Crippen molar-refractivity contribution in [1.29, 1.82) is 0 Å². The van der Waals surface area contributed by atoms with Crippen LogP contribution in [0.1, 0.15) is 35.6 Å². The number of rotatable bonds is 5. The van der Waals surface area contributed by atoms with Crippen molar-refractivity contribution in [1.82, 2.24) is 24.8 Å². The summed E-state index contributed by atoms with van der Waals surface area (Å²) in [7, 11) is 0. The molecule has 1 amide bonds. The Morgan fingerprint density at radius 1 is 1.22 bits per heavy atom. The Hall–Kier alpha value is -3.29. The van der Waals surface area contributed by atoms with Crippen LogP contribution in [-0.4, -0.2) is 32.0 Å². The highest BCUT2D eigenvalue weighted by molar-refractivity contribution is 5.97. The average Bonchev–Trinajstić information content (AvgIpc) is 3.29. The number of fused-ring (bicyclic) bond motifs is 2. The number of aromatic nitrogens is 4. The summed E-state index contributed by atoms with van der Waals surface area (Å²) in [4.78, 5) is 23.8. The van der Waals surface area contributed by atoms with Gasteiger partial charge < -0.3 is 10.3 Å². The summed E-state index contributed by atoms with van der Waals surface area (Å²) in [5, 5.41) is 2.79. The van der Waals surface area contributed by atoms with Gasteiger partial charge in [0.2, 0.25) is 0 Å². The van der Waals surface area contributed by atoms with Crippen LogP contribution in [0.5, 0.6) is 0 Å². The lowest BCUT2D eigenvalue weighted by atomic mass is 10.1. The number of alkyl halides is 2. The van der Waals surface area contributed by atoms with E-state index in [-0.39, 0.29) is 24.2 Å². The van der Waals surface area contributed by atoms with Crippen LogP contribution in [0.25, 0.3) is 22.1 Å². The highest BCUT2D eigenvalue weighted by Crippen LogP contribution is 2.27. The van der Waals surface area contributed by atoms with Gasteiger partial charge >= 0.3 is 6.55 Å². The van der Waals surface area contributed by atoms with E-state index in [2.05, 4.69) is 20.3 Å². The molecule has 0 bridgehead atoms. The van der Waals surface area contributed by atoms with Crippen LogP contribution in [0.3, 0.4) is 0 Å². The first-order valence-corrected chi connectivity index (χ1v) is 8.51. The minimum absolute atomic E-state index is 0.190. The van der Waals surface area contributed by atoms with Crippen LogP contribution < -0.4 is 5.32 Å². The Bertz CT molecular complexity index is 1120. The molecule has 1 atom stereocenters. The third-order valence-corrected chi connectivity index (χ3v) is 4.51. The van der Waals surface area contributed by atoms with Crippen LogP contribution in [0.15, 0.2) is 48.8 Å². The summed E-state index contributed by atoms with van der Waals surface area (Å²) in [5.74, 6) is -0.417. The fraction of sp³-hybridized carbons (Fsp3) is 0.211. The number of aromatic amines is 1. The maximum absolute atomic E-state index is 13.6. The first kappa shape index (κ1) is 17.1. The number of H-pyrrole nitrogens is 1. The van der Waals surface area contributed by atoms with Gasteiger partial charge in [0.25, 0.3) is 5.91 Å². The van der Waals surface area contributed by atoms with Crippen molar-refractivity contribution in [2.24, 2.45) is 0 Å². The molecule has 0 fully saturated rings.